The Morgan fingerprint density at radius 3 is 3.00 bits per heavy atom. The van der Waals surface area contributed by atoms with Crippen LogP contribution in [-0.2, 0) is 6.42 Å². The number of aromatic nitrogens is 2. The van der Waals surface area contributed by atoms with Gasteiger partial charge in [-0.1, -0.05) is 16.1 Å². The molecule has 0 radical (unpaired) electrons. The average molecular weight is 258 g/mol. The van der Waals surface area contributed by atoms with Crippen LogP contribution in [0.1, 0.15) is 17.3 Å². The van der Waals surface area contributed by atoms with E-state index in [0.29, 0.717) is 22.7 Å². The number of hydrogen-bond donors (Lipinski definition) is 1. The minimum atomic E-state index is -0.355. The maximum atomic E-state index is 13.4. The van der Waals surface area contributed by atoms with Crippen LogP contribution in [0.2, 0.25) is 5.02 Å². The smallest absolute Gasteiger partial charge is 0.126 e. The molecule has 0 aliphatic rings. The zero-order valence-electron chi connectivity index (χ0n) is 8.23. The van der Waals surface area contributed by atoms with Gasteiger partial charge in [0.25, 0.3) is 0 Å². The third-order valence-corrected chi connectivity index (χ3v) is 2.96. The van der Waals surface area contributed by atoms with Crippen LogP contribution in [0.25, 0.3) is 0 Å². The molecule has 0 aliphatic carbocycles. The maximum Gasteiger partial charge on any atom is 0.126 e. The van der Waals surface area contributed by atoms with Crippen molar-refractivity contribution in [1.82, 2.24) is 9.59 Å². The predicted octanol–water partition coefficient (Wildman–Crippen LogP) is 2.57. The molecule has 0 saturated carbocycles. The van der Waals surface area contributed by atoms with Crippen molar-refractivity contribution in [3.05, 3.63) is 45.7 Å². The Bertz CT molecular complexity index is 475. The fraction of sp³-hybridized carbons (Fsp3) is 0.200. The number of halogens is 2. The summed E-state index contributed by atoms with van der Waals surface area (Å²) in [6.07, 6.45) is 0.359. The second-order valence-corrected chi connectivity index (χ2v) is 4.42. The second-order valence-electron chi connectivity index (χ2n) is 3.38. The van der Waals surface area contributed by atoms with Gasteiger partial charge in [0.05, 0.1) is 11.7 Å². The van der Waals surface area contributed by atoms with Crippen molar-refractivity contribution in [2.24, 2.45) is 5.73 Å². The first kappa shape index (κ1) is 11.4. The highest BCUT2D eigenvalue weighted by atomic mass is 35.5. The Morgan fingerprint density at radius 1 is 1.50 bits per heavy atom. The van der Waals surface area contributed by atoms with Gasteiger partial charge in [-0.15, -0.1) is 5.10 Å². The van der Waals surface area contributed by atoms with E-state index < -0.39 is 0 Å². The first-order chi connectivity index (χ1) is 7.66. The van der Waals surface area contributed by atoms with Crippen LogP contribution in [0.3, 0.4) is 0 Å². The standard InChI is InChI=1S/C10H9ClFN3S/c11-7-1-2-8(12)6(3-7)4-9(13)10-5-16-15-14-10/h1-3,5,9H,4,13H2. The molecule has 1 heterocycles. The van der Waals surface area contributed by atoms with E-state index in [0.717, 1.165) is 0 Å². The third-order valence-electron chi connectivity index (χ3n) is 2.20. The molecule has 6 heteroatoms. The molecule has 0 amide bonds. The fourth-order valence-electron chi connectivity index (χ4n) is 1.37. The molecule has 1 atom stereocenters. The van der Waals surface area contributed by atoms with Crippen LogP contribution in [0.5, 0.6) is 0 Å². The van der Waals surface area contributed by atoms with Gasteiger partial charge in [-0.05, 0) is 41.7 Å². The van der Waals surface area contributed by atoms with Crippen molar-refractivity contribution in [2.45, 2.75) is 12.5 Å². The van der Waals surface area contributed by atoms with Gasteiger partial charge in [-0.25, -0.2) is 4.39 Å². The second kappa shape index (κ2) is 4.86. The number of hydrogen-bond acceptors (Lipinski definition) is 4. The van der Waals surface area contributed by atoms with Crippen LogP contribution < -0.4 is 5.73 Å². The summed E-state index contributed by atoms with van der Waals surface area (Å²) < 4.78 is 17.1. The molecule has 0 fully saturated rings. The molecule has 84 valence electrons. The van der Waals surface area contributed by atoms with E-state index in [-0.39, 0.29) is 11.9 Å². The first-order valence-corrected chi connectivity index (χ1v) is 5.84. The van der Waals surface area contributed by atoms with Crippen LogP contribution in [-0.4, -0.2) is 9.59 Å². The maximum absolute atomic E-state index is 13.4. The van der Waals surface area contributed by atoms with E-state index in [2.05, 4.69) is 9.59 Å². The van der Waals surface area contributed by atoms with Gasteiger partial charge >= 0.3 is 0 Å². The first-order valence-electron chi connectivity index (χ1n) is 4.63. The number of benzene rings is 1. The predicted molar refractivity (Wildman–Crippen MR) is 62.0 cm³/mol. The molecular formula is C10H9ClFN3S. The quantitative estimate of drug-likeness (QED) is 0.920. The van der Waals surface area contributed by atoms with Crippen molar-refractivity contribution in [3.8, 4) is 0 Å². The molecule has 2 N–H and O–H groups in total. The minimum absolute atomic E-state index is 0.303. The molecule has 0 saturated heterocycles. The van der Waals surface area contributed by atoms with Gasteiger partial charge < -0.3 is 5.73 Å². The monoisotopic (exact) mass is 257 g/mol. The zero-order chi connectivity index (χ0) is 11.5. The lowest BCUT2D eigenvalue weighted by Crippen LogP contribution is -2.14. The molecule has 1 aromatic heterocycles. The molecule has 0 spiro atoms. The average Bonchev–Trinajstić information content (AvgIpc) is 2.76. The van der Waals surface area contributed by atoms with Crippen LogP contribution in [0, 0.1) is 5.82 Å². The number of nitrogens with two attached hydrogens (primary N) is 1. The summed E-state index contributed by atoms with van der Waals surface area (Å²) in [5.41, 5.74) is 7.05. The van der Waals surface area contributed by atoms with Crippen molar-refractivity contribution < 1.29 is 4.39 Å². The molecule has 16 heavy (non-hydrogen) atoms. The summed E-state index contributed by atoms with van der Waals surface area (Å²) in [7, 11) is 0. The highest BCUT2D eigenvalue weighted by molar-refractivity contribution is 7.03. The molecule has 1 unspecified atom stereocenters. The summed E-state index contributed by atoms with van der Waals surface area (Å²) in [6, 6.07) is 4.07. The van der Waals surface area contributed by atoms with E-state index in [1.165, 1.54) is 23.7 Å². The Morgan fingerprint density at radius 2 is 2.31 bits per heavy atom. The van der Waals surface area contributed by atoms with E-state index >= 15 is 0 Å². The number of rotatable bonds is 3. The molecule has 1 aromatic carbocycles. The Hall–Kier alpha value is -1.04. The van der Waals surface area contributed by atoms with Gasteiger partial charge in [-0.3, -0.25) is 0 Å². The van der Waals surface area contributed by atoms with Crippen molar-refractivity contribution >= 4 is 23.1 Å². The largest absolute Gasteiger partial charge is 0.322 e. The highest BCUT2D eigenvalue weighted by Gasteiger charge is 2.13. The van der Waals surface area contributed by atoms with Crippen molar-refractivity contribution in [1.29, 1.82) is 0 Å². The van der Waals surface area contributed by atoms with Gasteiger partial charge in [0.1, 0.15) is 5.82 Å². The van der Waals surface area contributed by atoms with Crippen LogP contribution in [0.15, 0.2) is 23.6 Å². The SMILES string of the molecule is NC(Cc1cc(Cl)ccc1F)c1csnn1. The molecule has 2 rings (SSSR count). The van der Waals surface area contributed by atoms with E-state index in [4.69, 9.17) is 17.3 Å². The Kier molecular flexibility index (Phi) is 3.48. The normalized spacial score (nSPS) is 12.7. The van der Waals surface area contributed by atoms with Crippen molar-refractivity contribution in [3.63, 3.8) is 0 Å². The van der Waals surface area contributed by atoms with Gasteiger partial charge in [-0.2, -0.15) is 0 Å². The molecule has 2 aromatic rings. The highest BCUT2D eigenvalue weighted by Crippen LogP contribution is 2.20. The van der Waals surface area contributed by atoms with E-state index in [1.54, 1.807) is 11.4 Å². The summed E-state index contributed by atoms with van der Waals surface area (Å²) in [6.45, 7) is 0. The summed E-state index contributed by atoms with van der Waals surface area (Å²) in [5.74, 6) is -0.303. The molecule has 0 aliphatic heterocycles. The Balaban J connectivity index is 2.17. The fourth-order valence-corrected chi connectivity index (χ4v) is 2.09. The molecule has 0 bridgehead atoms. The lowest BCUT2D eigenvalue weighted by molar-refractivity contribution is 0.589. The Labute approximate surface area is 101 Å². The van der Waals surface area contributed by atoms with Crippen LogP contribution in [0.4, 0.5) is 4.39 Å². The molecule has 3 nitrogen and oxygen atoms in total. The lowest BCUT2D eigenvalue weighted by Gasteiger charge is -2.09. The topological polar surface area (TPSA) is 51.8 Å². The number of nitrogens with zero attached hydrogens (tertiary/aromatic N) is 2. The van der Waals surface area contributed by atoms with Crippen LogP contribution >= 0.6 is 23.1 Å². The molecular weight excluding hydrogens is 249 g/mol. The van der Waals surface area contributed by atoms with E-state index in [1.807, 2.05) is 0 Å². The summed E-state index contributed by atoms with van der Waals surface area (Å²) in [4.78, 5) is 0. The van der Waals surface area contributed by atoms with Gasteiger partial charge in [0, 0.05) is 10.4 Å². The van der Waals surface area contributed by atoms with Gasteiger partial charge in [0.2, 0.25) is 0 Å². The lowest BCUT2D eigenvalue weighted by atomic mass is 10.0. The summed E-state index contributed by atoms with van der Waals surface area (Å²) >= 11 is 7.02. The third kappa shape index (κ3) is 2.55. The zero-order valence-corrected chi connectivity index (χ0v) is 9.80. The minimum Gasteiger partial charge on any atom is -0.322 e. The summed E-state index contributed by atoms with van der Waals surface area (Å²) in [5, 5.41) is 6.11. The van der Waals surface area contributed by atoms with Crippen molar-refractivity contribution in [2.75, 3.05) is 0 Å². The van der Waals surface area contributed by atoms with E-state index in [9.17, 15) is 4.39 Å². The van der Waals surface area contributed by atoms with Gasteiger partial charge in [0.15, 0.2) is 0 Å².